The minimum absolute atomic E-state index is 0.115. The first kappa shape index (κ1) is 13.2. The highest BCUT2D eigenvalue weighted by atomic mass is 19.1. The van der Waals surface area contributed by atoms with Crippen LogP contribution in [0.2, 0.25) is 0 Å². The highest BCUT2D eigenvalue weighted by Crippen LogP contribution is 2.14. The molecule has 1 aromatic carbocycles. The monoisotopic (exact) mass is 238 g/mol. The Morgan fingerprint density at radius 2 is 1.88 bits per heavy atom. The Kier molecular flexibility index (Phi) is 4.63. The predicted octanol–water partition coefficient (Wildman–Crippen LogP) is 1.58. The van der Waals surface area contributed by atoms with E-state index in [1.807, 2.05) is 0 Å². The summed E-state index contributed by atoms with van der Waals surface area (Å²) in [5, 5.41) is 5.53. The summed E-state index contributed by atoms with van der Waals surface area (Å²) in [4.78, 5) is 21.7. The van der Waals surface area contributed by atoms with E-state index in [2.05, 4.69) is 10.6 Å². The molecule has 0 atom stereocenters. The van der Waals surface area contributed by atoms with Gasteiger partial charge in [0.25, 0.3) is 0 Å². The number of hydrogen-bond acceptors (Lipinski definition) is 3. The predicted molar refractivity (Wildman–Crippen MR) is 63.6 cm³/mol. The number of carbonyl (C=O) groups excluding carboxylic acids is 2. The third-order valence-electron chi connectivity index (χ3n) is 2.13. The number of Topliss-reactive ketones (excluding diaryl/α,β-unsaturated/α-hetero) is 1. The average molecular weight is 238 g/mol. The van der Waals surface area contributed by atoms with E-state index in [9.17, 15) is 14.0 Å². The van der Waals surface area contributed by atoms with Crippen molar-refractivity contribution in [3.8, 4) is 0 Å². The summed E-state index contributed by atoms with van der Waals surface area (Å²) in [6.45, 7) is 3.73. The lowest BCUT2D eigenvalue weighted by atomic mass is 10.1. The van der Waals surface area contributed by atoms with Crippen molar-refractivity contribution in [3.05, 3.63) is 29.6 Å². The number of amides is 1. The number of halogens is 1. The van der Waals surface area contributed by atoms with E-state index in [0.29, 0.717) is 24.3 Å². The molecule has 0 saturated carbocycles. The van der Waals surface area contributed by atoms with E-state index in [4.69, 9.17) is 0 Å². The van der Waals surface area contributed by atoms with Gasteiger partial charge in [-0.25, -0.2) is 4.39 Å². The summed E-state index contributed by atoms with van der Waals surface area (Å²) < 4.78 is 13.2. The quantitative estimate of drug-likeness (QED) is 0.604. The average Bonchev–Trinajstić information content (AvgIpc) is 2.23. The number of ketones is 1. The second-order valence-corrected chi connectivity index (χ2v) is 3.69. The first-order valence-electron chi connectivity index (χ1n) is 5.29. The number of nitrogens with one attached hydrogen (secondary N) is 2. The number of carbonyl (C=O) groups is 2. The molecule has 92 valence electrons. The Balaban J connectivity index is 2.59. The van der Waals surface area contributed by atoms with Gasteiger partial charge in [0, 0.05) is 31.3 Å². The number of hydrogen-bond donors (Lipinski definition) is 2. The zero-order chi connectivity index (χ0) is 12.8. The highest BCUT2D eigenvalue weighted by Gasteiger charge is 2.04. The smallest absolute Gasteiger partial charge is 0.216 e. The number of anilines is 1. The Morgan fingerprint density at radius 3 is 2.47 bits per heavy atom. The second kappa shape index (κ2) is 5.98. The maximum absolute atomic E-state index is 13.2. The highest BCUT2D eigenvalue weighted by molar-refractivity contribution is 5.95. The van der Waals surface area contributed by atoms with Gasteiger partial charge in [-0.15, -0.1) is 0 Å². The molecule has 0 radical (unpaired) electrons. The molecule has 0 aliphatic rings. The largest absolute Gasteiger partial charge is 0.383 e. The maximum Gasteiger partial charge on any atom is 0.216 e. The van der Waals surface area contributed by atoms with Gasteiger partial charge < -0.3 is 10.6 Å². The lowest BCUT2D eigenvalue weighted by molar-refractivity contribution is -0.118. The van der Waals surface area contributed by atoms with Crippen LogP contribution in [0, 0.1) is 5.82 Å². The van der Waals surface area contributed by atoms with Crippen LogP contribution in [0.15, 0.2) is 18.2 Å². The minimum Gasteiger partial charge on any atom is -0.383 e. The van der Waals surface area contributed by atoms with E-state index in [0.717, 1.165) is 0 Å². The molecule has 0 spiro atoms. The fraction of sp³-hybridized carbons (Fsp3) is 0.333. The molecule has 1 aromatic rings. The molecule has 1 rings (SSSR count). The zero-order valence-electron chi connectivity index (χ0n) is 9.84. The molecule has 0 saturated heterocycles. The van der Waals surface area contributed by atoms with Crippen molar-refractivity contribution in [2.45, 2.75) is 13.8 Å². The van der Waals surface area contributed by atoms with Crippen molar-refractivity contribution in [2.24, 2.45) is 0 Å². The lowest BCUT2D eigenvalue weighted by Gasteiger charge is -2.08. The molecule has 4 nitrogen and oxygen atoms in total. The van der Waals surface area contributed by atoms with Gasteiger partial charge in [0.2, 0.25) is 5.91 Å². The topological polar surface area (TPSA) is 58.2 Å². The van der Waals surface area contributed by atoms with Gasteiger partial charge in [-0.3, -0.25) is 9.59 Å². The summed E-state index contributed by atoms with van der Waals surface area (Å²) in [5.41, 5.74) is 0.854. The van der Waals surface area contributed by atoms with Crippen LogP contribution in [-0.2, 0) is 4.79 Å². The van der Waals surface area contributed by atoms with Crippen LogP contribution in [0.25, 0.3) is 0 Å². The molecule has 0 unspecified atom stereocenters. The second-order valence-electron chi connectivity index (χ2n) is 3.69. The molecule has 2 N–H and O–H groups in total. The van der Waals surface area contributed by atoms with E-state index in [1.54, 1.807) is 6.07 Å². The normalized spacial score (nSPS) is 9.82. The molecular weight excluding hydrogens is 223 g/mol. The van der Waals surface area contributed by atoms with Crippen molar-refractivity contribution >= 4 is 17.4 Å². The van der Waals surface area contributed by atoms with Crippen molar-refractivity contribution < 1.29 is 14.0 Å². The summed E-state index contributed by atoms with van der Waals surface area (Å²) in [6, 6.07) is 4.08. The van der Waals surface area contributed by atoms with Gasteiger partial charge in [0.15, 0.2) is 5.78 Å². The molecule has 0 aliphatic heterocycles. The summed E-state index contributed by atoms with van der Waals surface area (Å²) in [5.74, 6) is -0.760. The van der Waals surface area contributed by atoms with Crippen LogP contribution in [0.4, 0.5) is 10.1 Å². The standard InChI is InChI=1S/C12H15FN2O2/c1-8(16)10-5-11(13)7-12(6-10)15-4-3-14-9(2)17/h5-7,15H,3-4H2,1-2H3,(H,14,17). The Morgan fingerprint density at radius 1 is 1.18 bits per heavy atom. The number of benzene rings is 1. The van der Waals surface area contributed by atoms with Crippen molar-refractivity contribution in [3.63, 3.8) is 0 Å². The molecule has 0 fully saturated rings. The fourth-order valence-electron chi connectivity index (χ4n) is 1.34. The maximum atomic E-state index is 13.2. The van der Waals surface area contributed by atoms with Crippen LogP contribution in [-0.4, -0.2) is 24.8 Å². The Hall–Kier alpha value is -1.91. The van der Waals surface area contributed by atoms with Crippen LogP contribution < -0.4 is 10.6 Å². The number of rotatable bonds is 5. The molecular formula is C12H15FN2O2. The van der Waals surface area contributed by atoms with Gasteiger partial charge in [0.1, 0.15) is 5.82 Å². The molecule has 0 aromatic heterocycles. The SMILES string of the molecule is CC(=O)NCCNc1cc(F)cc(C(C)=O)c1. The molecule has 0 aliphatic carbocycles. The lowest BCUT2D eigenvalue weighted by Crippen LogP contribution is -2.26. The van der Waals surface area contributed by atoms with Gasteiger partial charge >= 0.3 is 0 Å². The van der Waals surface area contributed by atoms with Gasteiger partial charge in [-0.2, -0.15) is 0 Å². The van der Waals surface area contributed by atoms with Gasteiger partial charge in [-0.1, -0.05) is 0 Å². The summed E-state index contributed by atoms with van der Waals surface area (Å²) in [6.07, 6.45) is 0. The third-order valence-corrected chi connectivity index (χ3v) is 2.13. The van der Waals surface area contributed by atoms with Crippen molar-refractivity contribution in [1.29, 1.82) is 0 Å². The van der Waals surface area contributed by atoms with E-state index >= 15 is 0 Å². The van der Waals surface area contributed by atoms with Crippen LogP contribution >= 0.6 is 0 Å². The minimum atomic E-state index is -0.459. The van der Waals surface area contributed by atoms with Crippen molar-refractivity contribution in [2.75, 3.05) is 18.4 Å². The van der Waals surface area contributed by atoms with Crippen LogP contribution in [0.3, 0.4) is 0 Å². The Labute approximate surface area is 99.2 Å². The van der Waals surface area contributed by atoms with E-state index in [-0.39, 0.29) is 11.7 Å². The van der Waals surface area contributed by atoms with Crippen LogP contribution in [0.1, 0.15) is 24.2 Å². The van der Waals surface area contributed by atoms with Crippen LogP contribution in [0.5, 0.6) is 0 Å². The third kappa shape index (κ3) is 4.63. The molecule has 17 heavy (non-hydrogen) atoms. The van der Waals surface area contributed by atoms with Gasteiger partial charge in [-0.05, 0) is 25.1 Å². The summed E-state index contributed by atoms with van der Waals surface area (Å²) >= 11 is 0. The van der Waals surface area contributed by atoms with Gasteiger partial charge in [0.05, 0.1) is 0 Å². The fourth-order valence-corrected chi connectivity index (χ4v) is 1.34. The van der Waals surface area contributed by atoms with Crippen molar-refractivity contribution in [1.82, 2.24) is 5.32 Å². The molecule has 0 bridgehead atoms. The van der Waals surface area contributed by atoms with E-state index < -0.39 is 5.82 Å². The molecule has 5 heteroatoms. The molecule has 1 amide bonds. The Bertz CT molecular complexity index is 433. The van der Waals surface area contributed by atoms with E-state index in [1.165, 1.54) is 26.0 Å². The first-order valence-corrected chi connectivity index (χ1v) is 5.29. The first-order chi connectivity index (χ1) is 7.99. The zero-order valence-corrected chi connectivity index (χ0v) is 9.84. The summed E-state index contributed by atoms with van der Waals surface area (Å²) in [7, 11) is 0. The molecule has 0 heterocycles.